The second-order valence-electron chi connectivity index (χ2n) is 12.1. The van der Waals surface area contributed by atoms with Crippen molar-refractivity contribution in [2.45, 2.75) is 78.5 Å². The summed E-state index contributed by atoms with van der Waals surface area (Å²) in [4.78, 5) is 73.7. The molecule has 0 unspecified atom stereocenters. The number of Topliss-reactive ketones (excluding diaryl/α,β-unsaturated/α-hetero) is 1. The molecule has 43 heavy (non-hydrogen) atoms. The zero-order valence-corrected chi connectivity index (χ0v) is 26.3. The summed E-state index contributed by atoms with van der Waals surface area (Å²) < 4.78 is 0. The predicted molar refractivity (Wildman–Crippen MR) is 161 cm³/mol. The summed E-state index contributed by atoms with van der Waals surface area (Å²) in [5, 5.41) is 29.8. The van der Waals surface area contributed by atoms with E-state index < -0.39 is 65.8 Å². The van der Waals surface area contributed by atoms with E-state index in [9.17, 15) is 33.9 Å². The van der Waals surface area contributed by atoms with E-state index in [2.05, 4.69) is 21.3 Å². The van der Waals surface area contributed by atoms with Gasteiger partial charge in [0, 0.05) is 29.4 Å². The fourth-order valence-electron chi connectivity index (χ4n) is 5.83. The molecule has 0 aromatic rings. The summed E-state index contributed by atoms with van der Waals surface area (Å²) >= 11 is 1.40. The molecule has 0 aromatic heterocycles. The van der Waals surface area contributed by atoms with E-state index in [1.807, 2.05) is 33.8 Å². The van der Waals surface area contributed by atoms with E-state index in [0.29, 0.717) is 11.3 Å². The number of rotatable bonds is 14. The fraction of sp³-hybridized carbons (Fsp3) is 0.600. The lowest BCUT2D eigenvalue weighted by Crippen LogP contribution is -2.53. The second-order valence-corrected chi connectivity index (χ2v) is 13.1. The van der Waals surface area contributed by atoms with Crippen LogP contribution in [0, 0.1) is 11.3 Å². The third-order valence-electron chi connectivity index (χ3n) is 8.29. The number of thioether (sulfide) groups is 1. The van der Waals surface area contributed by atoms with Gasteiger partial charge in [-0.25, -0.2) is 0 Å². The van der Waals surface area contributed by atoms with Crippen LogP contribution in [-0.2, 0) is 28.8 Å². The Morgan fingerprint density at radius 1 is 1.00 bits per heavy atom. The van der Waals surface area contributed by atoms with Gasteiger partial charge in [-0.15, -0.1) is 0 Å². The maximum atomic E-state index is 13.2. The van der Waals surface area contributed by atoms with Crippen LogP contribution in [0.3, 0.4) is 0 Å². The van der Waals surface area contributed by atoms with Crippen molar-refractivity contribution in [3.05, 3.63) is 33.9 Å². The van der Waals surface area contributed by atoms with Gasteiger partial charge in [0.2, 0.25) is 23.6 Å². The lowest BCUT2D eigenvalue weighted by atomic mass is 9.67. The van der Waals surface area contributed by atoms with Crippen molar-refractivity contribution < 1.29 is 39.0 Å². The average Bonchev–Trinajstić information content (AvgIpc) is 3.67. The van der Waals surface area contributed by atoms with Crippen molar-refractivity contribution in [1.82, 2.24) is 21.3 Å². The highest BCUT2D eigenvalue weighted by molar-refractivity contribution is 7.99. The second kappa shape index (κ2) is 13.5. The van der Waals surface area contributed by atoms with Crippen molar-refractivity contribution >= 4 is 47.1 Å². The molecule has 6 N–H and O–H groups in total. The van der Waals surface area contributed by atoms with Gasteiger partial charge in [0.15, 0.2) is 5.78 Å². The molecule has 0 bridgehead atoms. The SMILES string of the molecule is CC(=O)N[C@H](CSCC1=C(C)C=C2C(=O)[C@](C)(O)C3(CC3)C(C)=C21)C(=O)NCC(=O)N[C@@H](CC(C)C)C(=O)NCC(=O)O. The zero-order valence-electron chi connectivity index (χ0n) is 25.5. The fourth-order valence-corrected chi connectivity index (χ4v) is 7.00. The molecule has 1 fully saturated rings. The van der Waals surface area contributed by atoms with E-state index in [1.165, 1.54) is 18.7 Å². The van der Waals surface area contributed by atoms with Crippen LogP contribution in [0.5, 0.6) is 0 Å². The molecule has 236 valence electrons. The van der Waals surface area contributed by atoms with Crippen LogP contribution in [0.15, 0.2) is 33.9 Å². The summed E-state index contributed by atoms with van der Waals surface area (Å²) in [7, 11) is 0. The molecular formula is C30H42N4O8S. The van der Waals surface area contributed by atoms with Gasteiger partial charge in [-0.2, -0.15) is 11.8 Å². The van der Waals surface area contributed by atoms with E-state index >= 15 is 0 Å². The smallest absolute Gasteiger partial charge is 0.322 e. The maximum absolute atomic E-state index is 13.2. The first-order chi connectivity index (χ1) is 20.0. The Bertz CT molecular complexity index is 1310. The highest BCUT2D eigenvalue weighted by atomic mass is 32.2. The number of carbonyl (C=O) groups excluding carboxylic acids is 5. The standard InChI is InChI=1S/C30H42N4O8S/c1-15(2)9-21(27(40)32-12-24(37)38)34-23(36)11-31-28(41)22(33-18(5)35)14-43-13-20-16(3)10-19-25(20)17(4)30(7-8-30)29(6,42)26(19)39/h10,15,21-22,42H,7-9,11-14H2,1-6H3,(H,31,41)(H,32,40)(H,33,35)(H,34,36)(H,37,38)/t21-,22+,29-/m0/s1. The molecule has 3 rings (SSSR count). The third kappa shape index (κ3) is 7.56. The number of carboxylic acids is 1. The quantitative estimate of drug-likeness (QED) is 0.163. The molecule has 12 nitrogen and oxygen atoms in total. The summed E-state index contributed by atoms with van der Waals surface area (Å²) in [6.07, 6.45) is 3.57. The van der Waals surface area contributed by atoms with Gasteiger partial charge in [-0.05, 0) is 68.7 Å². The molecule has 13 heteroatoms. The Hall–Kier alpha value is -3.45. The largest absolute Gasteiger partial charge is 0.480 e. The first kappa shape index (κ1) is 34.0. The van der Waals surface area contributed by atoms with Crippen LogP contribution in [0.1, 0.15) is 60.8 Å². The normalized spacial score (nSPS) is 21.7. The monoisotopic (exact) mass is 618 g/mol. The first-order valence-electron chi connectivity index (χ1n) is 14.3. The average molecular weight is 619 g/mol. The summed E-state index contributed by atoms with van der Waals surface area (Å²) in [6, 6.07) is -1.93. The number of amides is 4. The number of ketones is 1. The molecule has 0 aromatic carbocycles. The molecule has 1 saturated carbocycles. The van der Waals surface area contributed by atoms with Crippen LogP contribution in [-0.4, -0.2) is 87.9 Å². The van der Waals surface area contributed by atoms with Crippen LogP contribution in [0.4, 0.5) is 0 Å². The van der Waals surface area contributed by atoms with Crippen molar-refractivity contribution in [2.24, 2.45) is 11.3 Å². The predicted octanol–water partition coefficient (Wildman–Crippen LogP) is 0.759. The number of hydrogen-bond donors (Lipinski definition) is 6. The lowest BCUT2D eigenvalue weighted by molar-refractivity contribution is -0.138. The van der Waals surface area contributed by atoms with Crippen LogP contribution in [0.2, 0.25) is 0 Å². The molecular weight excluding hydrogens is 576 g/mol. The van der Waals surface area contributed by atoms with Gasteiger partial charge in [0.05, 0.1) is 6.54 Å². The van der Waals surface area contributed by atoms with E-state index in [1.54, 1.807) is 6.92 Å². The van der Waals surface area contributed by atoms with Gasteiger partial charge in [0.1, 0.15) is 24.2 Å². The number of carbonyl (C=O) groups is 6. The van der Waals surface area contributed by atoms with Crippen molar-refractivity contribution in [2.75, 3.05) is 24.6 Å². The summed E-state index contributed by atoms with van der Waals surface area (Å²) in [5.41, 5.74) is 2.30. The van der Waals surface area contributed by atoms with Gasteiger partial charge >= 0.3 is 5.97 Å². The van der Waals surface area contributed by atoms with Gasteiger partial charge in [-0.1, -0.05) is 19.4 Å². The molecule has 0 saturated heterocycles. The maximum Gasteiger partial charge on any atom is 0.322 e. The highest BCUT2D eigenvalue weighted by Crippen LogP contribution is 2.65. The van der Waals surface area contributed by atoms with E-state index in [4.69, 9.17) is 5.11 Å². The minimum absolute atomic E-state index is 0.0239. The van der Waals surface area contributed by atoms with Crippen LogP contribution < -0.4 is 21.3 Å². The number of nitrogens with one attached hydrogen (secondary N) is 4. The number of fused-ring (bicyclic) bond motifs is 1. The van der Waals surface area contributed by atoms with Crippen molar-refractivity contribution in [1.29, 1.82) is 0 Å². The summed E-state index contributed by atoms with van der Waals surface area (Å²) in [5.74, 6) is -3.09. The topological polar surface area (TPSA) is 191 Å². The number of allylic oxidation sites excluding steroid dienone is 3. The minimum Gasteiger partial charge on any atom is -0.480 e. The van der Waals surface area contributed by atoms with Gasteiger partial charge < -0.3 is 31.5 Å². The van der Waals surface area contributed by atoms with Crippen molar-refractivity contribution in [3.63, 3.8) is 0 Å². The first-order valence-corrected chi connectivity index (χ1v) is 15.5. The Morgan fingerprint density at radius 3 is 2.16 bits per heavy atom. The zero-order chi connectivity index (χ0) is 32.3. The summed E-state index contributed by atoms with van der Waals surface area (Å²) in [6.45, 7) is 9.42. The molecule has 3 aliphatic rings. The molecule has 1 spiro atoms. The number of carboxylic acid groups (broad SMARTS) is 1. The Labute approximate surface area is 255 Å². The third-order valence-corrected chi connectivity index (χ3v) is 9.35. The number of hydrogen-bond acceptors (Lipinski definition) is 8. The van der Waals surface area contributed by atoms with E-state index in [-0.39, 0.29) is 23.9 Å². The molecule has 3 aliphatic carbocycles. The Kier molecular flexibility index (Phi) is 10.7. The molecule has 3 atom stereocenters. The van der Waals surface area contributed by atoms with Crippen molar-refractivity contribution in [3.8, 4) is 0 Å². The van der Waals surface area contributed by atoms with Crippen LogP contribution in [0.25, 0.3) is 0 Å². The van der Waals surface area contributed by atoms with Gasteiger partial charge in [0.25, 0.3) is 0 Å². The highest BCUT2D eigenvalue weighted by Gasteiger charge is 2.65. The Balaban J connectivity index is 1.60. The molecule has 0 heterocycles. The molecule has 0 aliphatic heterocycles. The molecule has 0 radical (unpaired) electrons. The lowest BCUT2D eigenvalue weighted by Gasteiger charge is -2.39. The Morgan fingerprint density at radius 2 is 1.60 bits per heavy atom. The van der Waals surface area contributed by atoms with E-state index in [0.717, 1.165) is 35.1 Å². The van der Waals surface area contributed by atoms with Crippen LogP contribution >= 0.6 is 11.8 Å². The van der Waals surface area contributed by atoms with Gasteiger partial charge in [-0.3, -0.25) is 28.8 Å². The molecule has 4 amide bonds. The minimum atomic E-state index is -1.44. The number of aliphatic carboxylic acids is 1. The number of aliphatic hydroxyl groups is 1.